The normalized spacial score (nSPS) is 12.4. The first-order valence-electron chi connectivity index (χ1n) is 11.5. The third-order valence-corrected chi connectivity index (χ3v) is 7.21. The van der Waals surface area contributed by atoms with Crippen LogP contribution in [-0.2, 0) is 5.41 Å². The van der Waals surface area contributed by atoms with Crippen LogP contribution in [0.3, 0.4) is 0 Å². The lowest BCUT2D eigenvalue weighted by atomic mass is 9.87. The molecule has 0 aromatic heterocycles. The summed E-state index contributed by atoms with van der Waals surface area (Å²) in [5.41, 5.74) is 1.90. The van der Waals surface area contributed by atoms with Gasteiger partial charge in [0.15, 0.2) is 23.1 Å². The van der Waals surface area contributed by atoms with Crippen molar-refractivity contribution in [3.63, 3.8) is 0 Å². The molecule has 3 aromatic rings. The number of halogens is 1. The van der Waals surface area contributed by atoms with Gasteiger partial charge in [-0.05, 0) is 52.9 Å². The van der Waals surface area contributed by atoms with Crippen LogP contribution in [0.1, 0.15) is 37.5 Å². The van der Waals surface area contributed by atoms with E-state index in [-0.39, 0.29) is 21.7 Å². The molecule has 3 aromatic carbocycles. The number of anilines is 1. The summed E-state index contributed by atoms with van der Waals surface area (Å²) in [6.07, 6.45) is 3.37. The van der Waals surface area contributed by atoms with E-state index in [0.717, 1.165) is 5.56 Å². The Hall–Kier alpha value is -3.40. The molecule has 0 aliphatic heterocycles. The van der Waals surface area contributed by atoms with Crippen LogP contribution in [-0.4, -0.2) is 37.5 Å². The summed E-state index contributed by atoms with van der Waals surface area (Å²) in [6.45, 7) is 6.20. The molecular formula is C28H34FNO6S. The number of methoxy groups -OCH3 is 4. The van der Waals surface area contributed by atoms with E-state index >= 15 is 4.39 Å². The average Bonchev–Trinajstić information content (AvgIpc) is 2.87. The molecule has 0 amide bonds. The molecule has 9 heteroatoms. The zero-order valence-corrected chi connectivity index (χ0v) is 22.9. The topological polar surface area (TPSA) is 89.4 Å². The summed E-state index contributed by atoms with van der Waals surface area (Å²) in [6, 6.07) is 13.5. The summed E-state index contributed by atoms with van der Waals surface area (Å²) in [4.78, 5) is 0.238. The lowest BCUT2D eigenvalue weighted by Gasteiger charge is -2.35. The Kier molecular flexibility index (Phi) is 8.63. The maximum Gasteiger partial charge on any atom is 0.203 e. The average molecular weight is 532 g/mol. The van der Waals surface area contributed by atoms with E-state index in [1.807, 2.05) is 12.1 Å². The minimum atomic E-state index is -3.59. The summed E-state index contributed by atoms with van der Waals surface area (Å²) in [7, 11) is 2.30. The quantitative estimate of drug-likeness (QED) is 0.247. The van der Waals surface area contributed by atoms with Gasteiger partial charge in [-0.3, -0.25) is 13.8 Å². The summed E-state index contributed by atoms with van der Waals surface area (Å²) < 4.78 is 61.2. The highest BCUT2D eigenvalue weighted by molar-refractivity contribution is 8.25. The van der Waals surface area contributed by atoms with Crippen LogP contribution < -0.4 is 23.7 Å². The minimum absolute atomic E-state index is 0.0364. The SMILES string of the molecule is COc1ccc(/C=C\c2cc(OC)c(OC)c(OC)c2)c(NS(O)(O)c2ccc(C(C)(C)C)cc2)c1F. The van der Waals surface area contributed by atoms with E-state index in [1.54, 1.807) is 42.5 Å². The van der Waals surface area contributed by atoms with Crippen molar-refractivity contribution in [3.05, 3.63) is 71.0 Å². The van der Waals surface area contributed by atoms with E-state index in [2.05, 4.69) is 25.5 Å². The van der Waals surface area contributed by atoms with Gasteiger partial charge in [0, 0.05) is 5.56 Å². The third kappa shape index (κ3) is 6.30. The first-order chi connectivity index (χ1) is 17.4. The van der Waals surface area contributed by atoms with Crippen LogP contribution in [0.2, 0.25) is 0 Å². The van der Waals surface area contributed by atoms with Gasteiger partial charge in [0.05, 0.1) is 33.3 Å². The molecule has 0 spiro atoms. The van der Waals surface area contributed by atoms with Gasteiger partial charge in [0.1, 0.15) is 5.69 Å². The molecule has 0 aliphatic carbocycles. The standard InChI is InChI=1S/C28H34FNO6S/c1-28(2,3)20-11-13-21(14-12-20)37(31,32)30-26-19(10-15-22(33-4)25(26)29)9-8-18-16-23(34-5)27(36-7)24(17-18)35-6/h8-17,30-32H,1-7H3/b9-8-. The van der Waals surface area contributed by atoms with Crippen molar-refractivity contribution < 1.29 is 32.4 Å². The lowest BCUT2D eigenvalue weighted by Crippen LogP contribution is -2.14. The van der Waals surface area contributed by atoms with Gasteiger partial charge < -0.3 is 18.9 Å². The van der Waals surface area contributed by atoms with E-state index in [1.165, 1.54) is 34.5 Å². The second-order valence-corrected chi connectivity index (χ2v) is 11.0. The number of ether oxygens (including phenoxy) is 4. The van der Waals surface area contributed by atoms with Gasteiger partial charge in [-0.15, -0.1) is 0 Å². The Labute approximate surface area is 219 Å². The van der Waals surface area contributed by atoms with Crippen LogP contribution in [0.5, 0.6) is 23.0 Å². The fourth-order valence-electron chi connectivity index (χ4n) is 3.70. The Bertz CT molecular complexity index is 1240. The van der Waals surface area contributed by atoms with Gasteiger partial charge in [0.25, 0.3) is 0 Å². The Morgan fingerprint density at radius 1 is 0.784 bits per heavy atom. The molecule has 0 saturated heterocycles. The fraction of sp³-hybridized carbons (Fsp3) is 0.286. The summed E-state index contributed by atoms with van der Waals surface area (Å²) in [5, 5.41) is 0. The Morgan fingerprint density at radius 3 is 1.84 bits per heavy atom. The van der Waals surface area contributed by atoms with Crippen LogP contribution in [0, 0.1) is 5.82 Å². The summed E-state index contributed by atoms with van der Waals surface area (Å²) in [5.74, 6) is 0.597. The van der Waals surface area contributed by atoms with Crippen molar-refractivity contribution in [2.45, 2.75) is 31.1 Å². The Morgan fingerprint density at radius 2 is 1.35 bits per heavy atom. The molecule has 0 bridgehead atoms. The number of hydrogen-bond donors (Lipinski definition) is 3. The minimum Gasteiger partial charge on any atom is -0.494 e. The molecule has 3 rings (SSSR count). The third-order valence-electron chi connectivity index (χ3n) is 5.79. The van der Waals surface area contributed by atoms with Gasteiger partial charge in [-0.1, -0.05) is 55.8 Å². The van der Waals surface area contributed by atoms with Crippen molar-refractivity contribution in [1.29, 1.82) is 0 Å². The highest BCUT2D eigenvalue weighted by Gasteiger charge is 2.23. The van der Waals surface area contributed by atoms with Gasteiger partial charge in [0.2, 0.25) is 5.75 Å². The highest BCUT2D eigenvalue weighted by Crippen LogP contribution is 2.50. The van der Waals surface area contributed by atoms with E-state index < -0.39 is 16.6 Å². The van der Waals surface area contributed by atoms with Crippen LogP contribution in [0.15, 0.2) is 53.4 Å². The predicted molar refractivity (Wildman–Crippen MR) is 148 cm³/mol. The molecule has 0 atom stereocenters. The van der Waals surface area contributed by atoms with Crippen LogP contribution >= 0.6 is 10.8 Å². The van der Waals surface area contributed by atoms with Crippen molar-refractivity contribution in [1.82, 2.24) is 0 Å². The molecule has 3 N–H and O–H groups in total. The zero-order chi connectivity index (χ0) is 27.4. The molecule has 0 saturated carbocycles. The smallest absolute Gasteiger partial charge is 0.203 e. The number of hydrogen-bond acceptors (Lipinski definition) is 7. The van der Waals surface area contributed by atoms with Gasteiger partial charge in [-0.2, -0.15) is 0 Å². The second kappa shape index (κ2) is 11.3. The van der Waals surface area contributed by atoms with Crippen molar-refractivity contribution in [2.75, 3.05) is 33.2 Å². The van der Waals surface area contributed by atoms with E-state index in [4.69, 9.17) is 18.9 Å². The molecule has 0 radical (unpaired) electrons. The second-order valence-electron chi connectivity index (χ2n) is 9.26. The maximum atomic E-state index is 15.4. The number of nitrogens with one attached hydrogen (secondary N) is 1. The predicted octanol–water partition coefficient (Wildman–Crippen LogP) is 7.46. The molecule has 37 heavy (non-hydrogen) atoms. The number of benzene rings is 3. The van der Waals surface area contributed by atoms with Crippen LogP contribution in [0.4, 0.5) is 10.1 Å². The molecular weight excluding hydrogens is 497 g/mol. The first-order valence-corrected chi connectivity index (χ1v) is 13.0. The van der Waals surface area contributed by atoms with Crippen LogP contribution in [0.25, 0.3) is 12.2 Å². The zero-order valence-electron chi connectivity index (χ0n) is 22.1. The largest absolute Gasteiger partial charge is 0.494 e. The first kappa shape index (κ1) is 28.2. The van der Waals surface area contributed by atoms with Gasteiger partial charge in [-0.25, -0.2) is 4.39 Å². The molecule has 0 fully saturated rings. The molecule has 200 valence electrons. The Balaban J connectivity index is 2.02. The molecule has 0 unspecified atom stereocenters. The van der Waals surface area contributed by atoms with Crippen molar-refractivity contribution >= 4 is 28.6 Å². The fourth-order valence-corrected chi connectivity index (χ4v) is 4.83. The van der Waals surface area contributed by atoms with Crippen molar-refractivity contribution in [3.8, 4) is 23.0 Å². The van der Waals surface area contributed by atoms with E-state index in [9.17, 15) is 9.11 Å². The lowest BCUT2D eigenvalue weighted by molar-refractivity contribution is 0.324. The van der Waals surface area contributed by atoms with E-state index in [0.29, 0.717) is 28.4 Å². The van der Waals surface area contributed by atoms with Crippen molar-refractivity contribution in [2.24, 2.45) is 0 Å². The molecule has 0 aliphatic rings. The number of rotatable bonds is 9. The summed E-state index contributed by atoms with van der Waals surface area (Å²) >= 11 is 0. The molecule has 0 heterocycles. The molecule has 7 nitrogen and oxygen atoms in total. The monoisotopic (exact) mass is 531 g/mol. The highest BCUT2D eigenvalue weighted by atomic mass is 32.3. The maximum absolute atomic E-state index is 15.4. The van der Waals surface area contributed by atoms with Gasteiger partial charge >= 0.3 is 0 Å².